The van der Waals surface area contributed by atoms with E-state index in [4.69, 9.17) is 4.74 Å². The van der Waals surface area contributed by atoms with Gasteiger partial charge in [0.05, 0.1) is 0 Å². The zero-order valence-corrected chi connectivity index (χ0v) is 13.3. The number of carbonyl (C=O) groups excluding carboxylic acids is 2. The standard InChI is InChI=1S/C14H28N2O3/c1-10(2)13(11(3)4)19-14(18)16(7)9-8-15(6)12(5)17/h10-11,13H,8-9H2,1-7H3. The minimum Gasteiger partial charge on any atom is -0.446 e. The van der Waals surface area contributed by atoms with Gasteiger partial charge in [0.2, 0.25) is 5.91 Å². The van der Waals surface area contributed by atoms with Crippen molar-refractivity contribution in [2.24, 2.45) is 11.8 Å². The molecule has 0 heterocycles. The molecule has 0 rings (SSSR count). The highest BCUT2D eigenvalue weighted by molar-refractivity contribution is 5.73. The quantitative estimate of drug-likeness (QED) is 0.745. The van der Waals surface area contributed by atoms with Crippen LogP contribution < -0.4 is 0 Å². The van der Waals surface area contributed by atoms with Gasteiger partial charge in [0.1, 0.15) is 6.10 Å². The summed E-state index contributed by atoms with van der Waals surface area (Å²) in [5, 5.41) is 0. The van der Waals surface area contributed by atoms with Gasteiger partial charge in [0.25, 0.3) is 0 Å². The minimum absolute atomic E-state index is 0.0102. The van der Waals surface area contributed by atoms with E-state index in [-0.39, 0.29) is 29.9 Å². The van der Waals surface area contributed by atoms with Crippen molar-refractivity contribution in [1.82, 2.24) is 9.80 Å². The number of ether oxygens (including phenoxy) is 1. The molecule has 0 aliphatic heterocycles. The molecule has 2 amide bonds. The Bertz CT molecular complexity index is 295. The van der Waals surface area contributed by atoms with E-state index in [1.54, 1.807) is 19.0 Å². The van der Waals surface area contributed by atoms with Crippen LogP contribution in [-0.2, 0) is 9.53 Å². The van der Waals surface area contributed by atoms with E-state index in [2.05, 4.69) is 0 Å². The maximum Gasteiger partial charge on any atom is 0.409 e. The van der Waals surface area contributed by atoms with Crippen LogP contribution in [0.25, 0.3) is 0 Å². The zero-order valence-electron chi connectivity index (χ0n) is 13.3. The van der Waals surface area contributed by atoms with Crippen molar-refractivity contribution in [1.29, 1.82) is 0 Å². The van der Waals surface area contributed by atoms with Gasteiger partial charge in [0.15, 0.2) is 0 Å². The van der Waals surface area contributed by atoms with Gasteiger partial charge in [-0.1, -0.05) is 27.7 Å². The molecule has 5 nitrogen and oxygen atoms in total. The predicted octanol–water partition coefficient (Wildman–Crippen LogP) is 2.21. The highest BCUT2D eigenvalue weighted by Crippen LogP contribution is 2.17. The Kier molecular flexibility index (Phi) is 7.49. The lowest BCUT2D eigenvalue weighted by Gasteiger charge is -2.28. The predicted molar refractivity (Wildman–Crippen MR) is 75.9 cm³/mol. The molecule has 0 radical (unpaired) electrons. The summed E-state index contributed by atoms with van der Waals surface area (Å²) in [5.41, 5.74) is 0. The van der Waals surface area contributed by atoms with Crippen LogP contribution in [0, 0.1) is 11.8 Å². The Morgan fingerprint density at radius 3 is 1.74 bits per heavy atom. The van der Waals surface area contributed by atoms with E-state index < -0.39 is 0 Å². The van der Waals surface area contributed by atoms with E-state index >= 15 is 0 Å². The van der Waals surface area contributed by atoms with Gasteiger partial charge >= 0.3 is 6.09 Å². The second-order valence-electron chi connectivity index (χ2n) is 5.70. The van der Waals surface area contributed by atoms with Crippen LogP contribution >= 0.6 is 0 Å². The highest BCUT2D eigenvalue weighted by Gasteiger charge is 2.23. The summed E-state index contributed by atoms with van der Waals surface area (Å²) in [4.78, 5) is 26.1. The Morgan fingerprint density at radius 2 is 1.37 bits per heavy atom. The lowest BCUT2D eigenvalue weighted by Crippen LogP contribution is -2.39. The average Bonchev–Trinajstić information content (AvgIpc) is 2.30. The average molecular weight is 272 g/mol. The number of carbonyl (C=O) groups is 2. The molecule has 0 spiro atoms. The van der Waals surface area contributed by atoms with E-state index in [0.29, 0.717) is 13.1 Å². The number of hydrogen-bond acceptors (Lipinski definition) is 3. The summed E-state index contributed by atoms with van der Waals surface area (Å²) in [5.74, 6) is 0.568. The minimum atomic E-state index is -0.329. The molecule has 0 saturated heterocycles. The largest absolute Gasteiger partial charge is 0.446 e. The Labute approximate surface area is 116 Å². The van der Waals surface area contributed by atoms with Crippen molar-refractivity contribution in [2.45, 2.75) is 40.7 Å². The maximum absolute atomic E-state index is 11.9. The fourth-order valence-electron chi connectivity index (χ4n) is 1.80. The first-order valence-corrected chi connectivity index (χ1v) is 6.80. The summed E-state index contributed by atoms with van der Waals surface area (Å²) >= 11 is 0. The molecule has 0 bridgehead atoms. The van der Waals surface area contributed by atoms with Gasteiger partial charge in [-0.15, -0.1) is 0 Å². The number of nitrogens with zero attached hydrogens (tertiary/aromatic N) is 2. The van der Waals surface area contributed by atoms with Gasteiger partial charge in [-0.25, -0.2) is 4.79 Å². The first-order chi connectivity index (χ1) is 8.66. The summed E-state index contributed by atoms with van der Waals surface area (Å²) in [6, 6.07) is 0. The first kappa shape index (κ1) is 17.7. The molecule has 0 aliphatic carbocycles. The van der Waals surface area contributed by atoms with Crippen LogP contribution in [0.3, 0.4) is 0 Å². The van der Waals surface area contributed by atoms with Crippen molar-refractivity contribution in [2.75, 3.05) is 27.2 Å². The summed E-state index contributed by atoms with van der Waals surface area (Å²) in [7, 11) is 3.40. The number of amides is 2. The normalized spacial score (nSPS) is 11.1. The fraction of sp³-hybridized carbons (Fsp3) is 0.857. The lowest BCUT2D eigenvalue weighted by molar-refractivity contribution is -0.127. The van der Waals surface area contributed by atoms with Crippen LogP contribution in [-0.4, -0.2) is 55.1 Å². The lowest BCUT2D eigenvalue weighted by atomic mass is 9.96. The fourth-order valence-corrected chi connectivity index (χ4v) is 1.80. The molecule has 0 aromatic rings. The third kappa shape index (κ3) is 6.45. The molecule has 0 fully saturated rings. The van der Waals surface area contributed by atoms with Crippen LogP contribution in [0.1, 0.15) is 34.6 Å². The van der Waals surface area contributed by atoms with E-state index in [1.165, 1.54) is 11.8 Å². The molecule has 112 valence electrons. The highest BCUT2D eigenvalue weighted by atomic mass is 16.6. The molecule has 0 N–H and O–H groups in total. The van der Waals surface area contributed by atoms with Crippen LogP contribution in [0.5, 0.6) is 0 Å². The topological polar surface area (TPSA) is 49.9 Å². The Balaban J connectivity index is 4.29. The first-order valence-electron chi connectivity index (χ1n) is 6.80. The van der Waals surface area contributed by atoms with E-state index in [1.807, 2.05) is 27.7 Å². The second kappa shape index (κ2) is 8.02. The Hall–Kier alpha value is -1.26. The van der Waals surface area contributed by atoms with Crippen LogP contribution in [0.4, 0.5) is 4.79 Å². The van der Waals surface area contributed by atoms with Crippen LogP contribution in [0.2, 0.25) is 0 Å². The van der Waals surface area contributed by atoms with Crippen molar-refractivity contribution < 1.29 is 14.3 Å². The van der Waals surface area contributed by atoms with Gasteiger partial charge in [-0.3, -0.25) is 4.79 Å². The van der Waals surface area contributed by atoms with Crippen molar-refractivity contribution in [3.63, 3.8) is 0 Å². The van der Waals surface area contributed by atoms with Crippen molar-refractivity contribution in [3.05, 3.63) is 0 Å². The molecule has 5 heteroatoms. The maximum atomic E-state index is 11.9. The SMILES string of the molecule is CC(=O)N(C)CCN(C)C(=O)OC(C(C)C)C(C)C. The summed E-state index contributed by atoms with van der Waals surface area (Å²) in [6.07, 6.45) is -0.412. The summed E-state index contributed by atoms with van der Waals surface area (Å²) in [6.45, 7) is 10.7. The van der Waals surface area contributed by atoms with Crippen LogP contribution in [0.15, 0.2) is 0 Å². The molecule has 0 unspecified atom stereocenters. The van der Waals surface area contributed by atoms with Gasteiger partial charge < -0.3 is 14.5 Å². The number of rotatable bonds is 6. The molecule has 0 atom stereocenters. The molecular weight excluding hydrogens is 244 g/mol. The number of likely N-dealkylation sites (N-methyl/N-ethyl adjacent to an activating group) is 2. The smallest absolute Gasteiger partial charge is 0.409 e. The second-order valence-corrected chi connectivity index (χ2v) is 5.70. The number of hydrogen-bond donors (Lipinski definition) is 0. The third-order valence-corrected chi connectivity index (χ3v) is 3.17. The van der Waals surface area contributed by atoms with Gasteiger partial charge in [-0.05, 0) is 11.8 Å². The molecular formula is C14H28N2O3. The van der Waals surface area contributed by atoms with Gasteiger partial charge in [0, 0.05) is 34.1 Å². The molecule has 0 aromatic heterocycles. The van der Waals surface area contributed by atoms with E-state index in [9.17, 15) is 9.59 Å². The molecule has 0 aromatic carbocycles. The molecule has 0 aliphatic rings. The Morgan fingerprint density at radius 1 is 0.947 bits per heavy atom. The molecule has 19 heavy (non-hydrogen) atoms. The molecule has 0 saturated carbocycles. The summed E-state index contributed by atoms with van der Waals surface area (Å²) < 4.78 is 5.51. The zero-order chi connectivity index (χ0) is 15.2. The monoisotopic (exact) mass is 272 g/mol. The van der Waals surface area contributed by atoms with E-state index in [0.717, 1.165) is 0 Å². The van der Waals surface area contributed by atoms with Crippen molar-refractivity contribution >= 4 is 12.0 Å². The van der Waals surface area contributed by atoms with Crippen molar-refractivity contribution in [3.8, 4) is 0 Å². The third-order valence-electron chi connectivity index (χ3n) is 3.17. The van der Waals surface area contributed by atoms with Gasteiger partial charge in [-0.2, -0.15) is 0 Å².